The van der Waals surface area contributed by atoms with Crippen molar-refractivity contribution < 1.29 is 9.53 Å². The van der Waals surface area contributed by atoms with Gasteiger partial charge in [0.05, 0.1) is 18.6 Å². The minimum absolute atomic E-state index is 0.0456. The van der Waals surface area contributed by atoms with Crippen LogP contribution >= 0.6 is 11.8 Å². The number of nitrogen functional groups attached to an aromatic ring is 1. The number of methoxy groups -OCH3 is 1. The lowest BCUT2D eigenvalue weighted by Crippen LogP contribution is -2.15. The highest BCUT2D eigenvalue weighted by atomic mass is 32.2. The molecule has 0 saturated heterocycles. The van der Waals surface area contributed by atoms with Crippen LogP contribution in [0.5, 0.6) is 5.75 Å². The zero-order chi connectivity index (χ0) is 12.0. The van der Waals surface area contributed by atoms with Gasteiger partial charge in [0.15, 0.2) is 0 Å². The molecule has 1 rings (SSSR count). The van der Waals surface area contributed by atoms with E-state index < -0.39 is 0 Å². The molecule has 16 heavy (non-hydrogen) atoms. The zero-order valence-corrected chi connectivity index (χ0v) is 10.3. The van der Waals surface area contributed by atoms with Crippen LogP contribution in [0.15, 0.2) is 18.2 Å². The predicted molar refractivity (Wildman–Crippen MR) is 69.0 cm³/mol. The third-order valence-electron chi connectivity index (χ3n) is 1.93. The van der Waals surface area contributed by atoms with Gasteiger partial charge in [-0.2, -0.15) is 11.8 Å². The molecule has 0 aliphatic rings. The molecule has 0 aliphatic carbocycles. The fraction of sp³-hybridized carbons (Fsp3) is 0.364. The Hall–Kier alpha value is -1.36. The van der Waals surface area contributed by atoms with Gasteiger partial charge in [-0.1, -0.05) is 6.92 Å². The van der Waals surface area contributed by atoms with Gasteiger partial charge in [0.25, 0.3) is 0 Å². The summed E-state index contributed by atoms with van der Waals surface area (Å²) in [6.07, 6.45) is 0. The number of ether oxygens (including phenoxy) is 1. The van der Waals surface area contributed by atoms with Crippen molar-refractivity contribution >= 4 is 29.0 Å². The van der Waals surface area contributed by atoms with Gasteiger partial charge >= 0.3 is 0 Å². The number of anilines is 2. The van der Waals surface area contributed by atoms with Crippen molar-refractivity contribution in [2.24, 2.45) is 0 Å². The molecule has 0 aromatic heterocycles. The highest BCUT2D eigenvalue weighted by Gasteiger charge is 2.07. The Kier molecular flexibility index (Phi) is 4.98. The van der Waals surface area contributed by atoms with Gasteiger partial charge in [-0.3, -0.25) is 4.79 Å². The second kappa shape index (κ2) is 6.27. The average Bonchev–Trinajstić information content (AvgIpc) is 2.27. The van der Waals surface area contributed by atoms with Gasteiger partial charge in [-0.05, 0) is 24.0 Å². The van der Waals surface area contributed by atoms with E-state index >= 15 is 0 Å². The van der Waals surface area contributed by atoms with Crippen LogP contribution in [0, 0.1) is 0 Å². The van der Waals surface area contributed by atoms with E-state index in [-0.39, 0.29) is 5.91 Å². The third kappa shape index (κ3) is 3.66. The van der Waals surface area contributed by atoms with Crippen molar-refractivity contribution in [1.82, 2.24) is 0 Å². The Labute approximate surface area is 99.5 Å². The first-order chi connectivity index (χ1) is 7.67. The first-order valence-corrected chi connectivity index (χ1v) is 6.14. The van der Waals surface area contributed by atoms with Crippen LogP contribution in [0.4, 0.5) is 11.4 Å². The summed E-state index contributed by atoms with van der Waals surface area (Å²) in [5, 5.41) is 2.77. The highest BCUT2D eigenvalue weighted by molar-refractivity contribution is 7.99. The number of thioether (sulfide) groups is 1. The van der Waals surface area contributed by atoms with Gasteiger partial charge in [-0.15, -0.1) is 0 Å². The summed E-state index contributed by atoms with van der Waals surface area (Å²) in [7, 11) is 1.56. The fourth-order valence-corrected chi connectivity index (χ4v) is 1.67. The summed E-state index contributed by atoms with van der Waals surface area (Å²) in [5.74, 6) is 1.93. The van der Waals surface area contributed by atoms with Crippen LogP contribution in [0.25, 0.3) is 0 Å². The van der Waals surface area contributed by atoms with Crippen LogP contribution in [-0.4, -0.2) is 24.5 Å². The van der Waals surface area contributed by atoms with Crippen molar-refractivity contribution in [3.8, 4) is 5.75 Å². The van der Waals surface area contributed by atoms with E-state index in [1.54, 1.807) is 37.1 Å². The molecular weight excluding hydrogens is 224 g/mol. The number of hydrogen-bond acceptors (Lipinski definition) is 4. The minimum atomic E-state index is -0.0456. The lowest BCUT2D eigenvalue weighted by Gasteiger charge is -2.10. The maximum Gasteiger partial charge on any atom is 0.234 e. The minimum Gasteiger partial charge on any atom is -0.495 e. The lowest BCUT2D eigenvalue weighted by molar-refractivity contribution is -0.113. The van der Waals surface area contributed by atoms with Gasteiger partial charge in [0.2, 0.25) is 5.91 Å². The molecule has 0 saturated carbocycles. The zero-order valence-electron chi connectivity index (χ0n) is 9.45. The topological polar surface area (TPSA) is 64.4 Å². The maximum absolute atomic E-state index is 11.5. The monoisotopic (exact) mass is 240 g/mol. The Bertz CT molecular complexity index is 369. The van der Waals surface area contributed by atoms with Crippen molar-refractivity contribution in [3.63, 3.8) is 0 Å². The maximum atomic E-state index is 11.5. The van der Waals surface area contributed by atoms with Crippen molar-refractivity contribution in [3.05, 3.63) is 18.2 Å². The molecule has 1 aromatic rings. The fourth-order valence-electron chi connectivity index (χ4n) is 1.20. The van der Waals surface area contributed by atoms with E-state index in [1.165, 1.54) is 0 Å². The molecule has 4 nitrogen and oxygen atoms in total. The number of benzene rings is 1. The largest absolute Gasteiger partial charge is 0.495 e. The number of nitrogens with two attached hydrogens (primary N) is 1. The van der Waals surface area contributed by atoms with Gasteiger partial charge in [0, 0.05) is 5.69 Å². The number of rotatable bonds is 5. The van der Waals surface area contributed by atoms with Crippen LogP contribution in [0.2, 0.25) is 0 Å². The summed E-state index contributed by atoms with van der Waals surface area (Å²) in [6, 6.07) is 5.15. The number of hydrogen-bond donors (Lipinski definition) is 2. The smallest absolute Gasteiger partial charge is 0.234 e. The molecule has 0 bridgehead atoms. The number of amides is 1. The molecule has 0 fully saturated rings. The van der Waals surface area contributed by atoms with Crippen molar-refractivity contribution in [2.75, 3.05) is 29.7 Å². The van der Waals surface area contributed by atoms with Gasteiger partial charge in [-0.25, -0.2) is 0 Å². The number of nitrogens with one attached hydrogen (secondary N) is 1. The molecule has 88 valence electrons. The molecule has 0 radical (unpaired) electrons. The molecule has 1 amide bonds. The Morgan fingerprint density at radius 1 is 1.56 bits per heavy atom. The molecule has 1 aromatic carbocycles. The first kappa shape index (κ1) is 12.7. The molecule has 0 unspecified atom stereocenters. The van der Waals surface area contributed by atoms with E-state index in [0.29, 0.717) is 22.9 Å². The third-order valence-corrected chi connectivity index (χ3v) is 2.81. The Morgan fingerprint density at radius 3 is 2.94 bits per heavy atom. The van der Waals surface area contributed by atoms with Crippen LogP contribution in [0.1, 0.15) is 6.92 Å². The molecule has 0 aliphatic heterocycles. The van der Waals surface area contributed by atoms with E-state index in [0.717, 1.165) is 5.75 Å². The average molecular weight is 240 g/mol. The summed E-state index contributed by atoms with van der Waals surface area (Å²) in [4.78, 5) is 11.5. The lowest BCUT2D eigenvalue weighted by atomic mass is 10.2. The molecule has 0 spiro atoms. The first-order valence-electron chi connectivity index (χ1n) is 4.98. The SMILES string of the molecule is CCSCC(=O)Nc1cc(N)ccc1OC. The Balaban J connectivity index is 2.71. The summed E-state index contributed by atoms with van der Waals surface area (Å²) in [6.45, 7) is 2.01. The predicted octanol–water partition coefficient (Wildman–Crippen LogP) is 1.97. The summed E-state index contributed by atoms with van der Waals surface area (Å²) in [5.41, 5.74) is 6.86. The van der Waals surface area contributed by atoms with E-state index in [4.69, 9.17) is 10.5 Å². The van der Waals surface area contributed by atoms with Crippen LogP contribution < -0.4 is 15.8 Å². The molecule has 0 atom stereocenters. The van der Waals surface area contributed by atoms with Gasteiger partial charge < -0.3 is 15.8 Å². The van der Waals surface area contributed by atoms with Crippen LogP contribution in [0.3, 0.4) is 0 Å². The highest BCUT2D eigenvalue weighted by Crippen LogP contribution is 2.26. The standard InChI is InChI=1S/C11H16N2O2S/c1-3-16-7-11(14)13-9-6-8(12)4-5-10(9)15-2/h4-6H,3,7,12H2,1-2H3,(H,13,14). The van der Waals surface area contributed by atoms with Crippen molar-refractivity contribution in [2.45, 2.75) is 6.92 Å². The Morgan fingerprint density at radius 2 is 2.31 bits per heavy atom. The van der Waals surface area contributed by atoms with E-state index in [1.807, 2.05) is 6.92 Å². The molecular formula is C11H16N2O2S. The van der Waals surface area contributed by atoms with Crippen molar-refractivity contribution in [1.29, 1.82) is 0 Å². The summed E-state index contributed by atoms with van der Waals surface area (Å²) >= 11 is 1.57. The normalized spacial score (nSPS) is 9.88. The summed E-state index contributed by atoms with van der Waals surface area (Å²) < 4.78 is 5.13. The molecule has 3 N–H and O–H groups in total. The second-order valence-electron chi connectivity index (χ2n) is 3.15. The quantitative estimate of drug-likeness (QED) is 0.772. The number of carbonyl (C=O) groups is 1. The van der Waals surface area contributed by atoms with Crippen LogP contribution in [-0.2, 0) is 4.79 Å². The second-order valence-corrected chi connectivity index (χ2v) is 4.42. The van der Waals surface area contributed by atoms with E-state index in [9.17, 15) is 4.79 Å². The van der Waals surface area contributed by atoms with Gasteiger partial charge in [0.1, 0.15) is 5.75 Å². The van der Waals surface area contributed by atoms with E-state index in [2.05, 4.69) is 5.32 Å². The number of carbonyl (C=O) groups excluding carboxylic acids is 1. The molecule has 5 heteroatoms. The molecule has 0 heterocycles.